The SMILES string of the molecule is C=C(NC)N(C=O)Cc1ccc(Cl)nc1.C=C(NCc1ccc(Cl)nc1)N(C)C=O. The van der Waals surface area contributed by atoms with Gasteiger partial charge in [0.1, 0.15) is 21.9 Å². The number of nitrogens with one attached hydrogen (secondary N) is 2. The maximum absolute atomic E-state index is 10.8. The van der Waals surface area contributed by atoms with Crippen LogP contribution in [0.3, 0.4) is 0 Å². The third-order valence-corrected chi connectivity index (χ3v) is 4.22. The van der Waals surface area contributed by atoms with Crippen LogP contribution < -0.4 is 10.6 Å². The molecule has 2 aromatic rings. The second-order valence-electron chi connectivity index (χ2n) is 5.92. The summed E-state index contributed by atoms with van der Waals surface area (Å²) in [6.45, 7) is 8.37. The molecule has 30 heavy (non-hydrogen) atoms. The van der Waals surface area contributed by atoms with Crippen LogP contribution in [0.5, 0.6) is 0 Å². The van der Waals surface area contributed by atoms with E-state index in [2.05, 4.69) is 33.8 Å². The Balaban J connectivity index is 0.000000300. The van der Waals surface area contributed by atoms with Gasteiger partial charge in [-0.3, -0.25) is 14.5 Å². The van der Waals surface area contributed by atoms with E-state index < -0.39 is 0 Å². The van der Waals surface area contributed by atoms with Crippen LogP contribution in [-0.4, -0.2) is 46.7 Å². The van der Waals surface area contributed by atoms with Gasteiger partial charge in [-0.1, -0.05) is 48.5 Å². The zero-order chi connectivity index (χ0) is 22.5. The van der Waals surface area contributed by atoms with E-state index in [9.17, 15) is 9.59 Å². The summed E-state index contributed by atoms with van der Waals surface area (Å²) in [6, 6.07) is 7.07. The molecular weight excluding hydrogens is 427 g/mol. The van der Waals surface area contributed by atoms with Crippen molar-refractivity contribution in [1.82, 2.24) is 30.4 Å². The molecule has 0 aliphatic carbocycles. The molecule has 10 heteroatoms. The van der Waals surface area contributed by atoms with Crippen LogP contribution in [0.25, 0.3) is 0 Å². The molecule has 0 aliphatic heterocycles. The Bertz CT molecular complexity index is 841. The Morgan fingerprint density at radius 2 is 1.57 bits per heavy atom. The van der Waals surface area contributed by atoms with E-state index in [1.54, 1.807) is 38.6 Å². The standard InChI is InChI=1S/2C10H12ClN3O/c1-8(14(2)7-15)12-5-9-3-4-10(11)13-6-9;1-8(12-2)14(7-15)6-9-3-4-10(11)13-5-9/h3-4,6-7,12H,1,5H2,2H3;3-5,7,12H,1,6H2,2H3. The van der Waals surface area contributed by atoms with E-state index >= 15 is 0 Å². The van der Waals surface area contributed by atoms with Crippen LogP contribution in [0.2, 0.25) is 10.3 Å². The van der Waals surface area contributed by atoms with Crippen molar-refractivity contribution in [2.75, 3.05) is 14.1 Å². The third-order valence-electron chi connectivity index (χ3n) is 3.77. The van der Waals surface area contributed by atoms with E-state index in [1.807, 2.05) is 12.1 Å². The van der Waals surface area contributed by atoms with Gasteiger partial charge in [0.15, 0.2) is 0 Å². The summed E-state index contributed by atoms with van der Waals surface area (Å²) in [7, 11) is 3.33. The highest BCUT2D eigenvalue weighted by Gasteiger charge is 2.05. The molecule has 2 amide bonds. The predicted molar refractivity (Wildman–Crippen MR) is 118 cm³/mol. The summed E-state index contributed by atoms with van der Waals surface area (Å²) < 4.78 is 0. The molecule has 0 aliphatic rings. The average Bonchev–Trinajstić information content (AvgIpc) is 2.77. The Hall–Kier alpha value is -3.10. The van der Waals surface area contributed by atoms with Crippen LogP contribution in [-0.2, 0) is 22.7 Å². The molecular formula is C20H24Cl2N6O2. The number of hydrogen-bond donors (Lipinski definition) is 2. The highest BCUT2D eigenvalue weighted by atomic mass is 35.5. The molecule has 0 saturated carbocycles. The van der Waals surface area contributed by atoms with Crippen molar-refractivity contribution in [2.45, 2.75) is 13.1 Å². The van der Waals surface area contributed by atoms with Crippen molar-refractivity contribution in [3.8, 4) is 0 Å². The number of hydrogen-bond acceptors (Lipinski definition) is 6. The Labute approximate surface area is 186 Å². The van der Waals surface area contributed by atoms with E-state index in [0.29, 0.717) is 47.9 Å². The Morgan fingerprint density at radius 3 is 2.00 bits per heavy atom. The Kier molecular flexibility index (Phi) is 11.0. The first-order valence-corrected chi connectivity index (χ1v) is 9.46. The van der Waals surface area contributed by atoms with Crippen molar-refractivity contribution in [2.24, 2.45) is 0 Å². The monoisotopic (exact) mass is 450 g/mol. The van der Waals surface area contributed by atoms with E-state index in [-0.39, 0.29) is 0 Å². The molecule has 8 nitrogen and oxygen atoms in total. The molecule has 0 spiro atoms. The van der Waals surface area contributed by atoms with Gasteiger partial charge in [0.25, 0.3) is 0 Å². The first-order chi connectivity index (χ1) is 14.3. The summed E-state index contributed by atoms with van der Waals surface area (Å²) >= 11 is 11.3. The van der Waals surface area contributed by atoms with Crippen LogP contribution in [0.15, 0.2) is 61.5 Å². The topological polar surface area (TPSA) is 90.5 Å². The van der Waals surface area contributed by atoms with Crippen LogP contribution in [0, 0.1) is 0 Å². The minimum Gasteiger partial charge on any atom is -0.375 e. The van der Waals surface area contributed by atoms with Crippen LogP contribution in [0.1, 0.15) is 11.1 Å². The van der Waals surface area contributed by atoms with Gasteiger partial charge in [-0.25, -0.2) is 9.97 Å². The number of carbonyl (C=O) groups is 2. The molecule has 2 aromatic heterocycles. The Morgan fingerprint density at radius 1 is 1.00 bits per heavy atom. The fourth-order valence-corrected chi connectivity index (χ4v) is 2.16. The molecule has 2 N–H and O–H groups in total. The van der Waals surface area contributed by atoms with Gasteiger partial charge in [0, 0.05) is 33.0 Å². The minimum atomic E-state index is 0.424. The molecule has 160 valence electrons. The largest absolute Gasteiger partial charge is 0.375 e. The molecule has 0 atom stereocenters. The summed E-state index contributed by atoms with van der Waals surface area (Å²) in [5, 5.41) is 6.68. The second kappa shape index (κ2) is 13.2. The highest BCUT2D eigenvalue weighted by Crippen LogP contribution is 2.09. The molecule has 0 aromatic carbocycles. The van der Waals surface area contributed by atoms with Crippen molar-refractivity contribution < 1.29 is 9.59 Å². The zero-order valence-corrected chi connectivity index (χ0v) is 18.3. The van der Waals surface area contributed by atoms with Crippen molar-refractivity contribution in [1.29, 1.82) is 0 Å². The lowest BCUT2D eigenvalue weighted by Gasteiger charge is -2.19. The summed E-state index contributed by atoms with van der Waals surface area (Å²) in [5.74, 6) is 1.08. The van der Waals surface area contributed by atoms with Crippen LogP contribution >= 0.6 is 23.2 Å². The maximum atomic E-state index is 10.8. The third kappa shape index (κ3) is 8.93. The van der Waals surface area contributed by atoms with Crippen molar-refractivity contribution >= 4 is 36.0 Å². The fraction of sp³-hybridized carbons (Fsp3) is 0.200. The van der Waals surface area contributed by atoms with Gasteiger partial charge in [0.2, 0.25) is 12.8 Å². The van der Waals surface area contributed by atoms with E-state index in [1.165, 1.54) is 9.80 Å². The van der Waals surface area contributed by atoms with Gasteiger partial charge in [-0.15, -0.1) is 0 Å². The van der Waals surface area contributed by atoms with Crippen molar-refractivity contribution in [3.05, 3.63) is 82.9 Å². The van der Waals surface area contributed by atoms with Crippen molar-refractivity contribution in [3.63, 3.8) is 0 Å². The molecule has 2 rings (SSSR count). The quantitative estimate of drug-likeness (QED) is 0.427. The van der Waals surface area contributed by atoms with Gasteiger partial charge < -0.3 is 15.5 Å². The number of pyridine rings is 2. The highest BCUT2D eigenvalue weighted by molar-refractivity contribution is 6.29. The number of nitrogens with zero attached hydrogens (tertiary/aromatic N) is 4. The van der Waals surface area contributed by atoms with E-state index in [0.717, 1.165) is 11.1 Å². The molecule has 0 fully saturated rings. The summed E-state index contributed by atoms with van der Waals surface area (Å²) in [6.07, 6.45) is 4.70. The lowest BCUT2D eigenvalue weighted by Crippen LogP contribution is -2.27. The predicted octanol–water partition coefficient (Wildman–Crippen LogP) is 2.77. The van der Waals surface area contributed by atoms with E-state index in [4.69, 9.17) is 23.2 Å². The lowest BCUT2D eigenvalue weighted by molar-refractivity contribution is -0.117. The molecule has 0 unspecified atom stereocenters. The summed E-state index contributed by atoms with van der Waals surface area (Å²) in [4.78, 5) is 31.8. The number of halogens is 2. The molecule has 2 heterocycles. The van der Waals surface area contributed by atoms with Gasteiger partial charge in [0.05, 0.1) is 6.54 Å². The molecule has 0 bridgehead atoms. The number of amides is 2. The number of aromatic nitrogens is 2. The van der Waals surface area contributed by atoms with Gasteiger partial charge in [-0.2, -0.15) is 0 Å². The number of carbonyl (C=O) groups excluding carboxylic acids is 2. The first kappa shape index (κ1) is 24.9. The molecule has 0 saturated heterocycles. The summed E-state index contributed by atoms with van der Waals surface area (Å²) in [5.41, 5.74) is 1.86. The lowest BCUT2D eigenvalue weighted by atomic mass is 10.3. The maximum Gasteiger partial charge on any atom is 0.215 e. The first-order valence-electron chi connectivity index (χ1n) is 8.71. The average molecular weight is 451 g/mol. The fourth-order valence-electron chi connectivity index (χ4n) is 1.94. The van der Waals surface area contributed by atoms with Gasteiger partial charge >= 0.3 is 0 Å². The van der Waals surface area contributed by atoms with Crippen LogP contribution in [0.4, 0.5) is 0 Å². The normalized spacial score (nSPS) is 9.47. The molecule has 0 radical (unpaired) electrons. The van der Waals surface area contributed by atoms with Gasteiger partial charge in [-0.05, 0) is 23.3 Å². The number of rotatable bonds is 10. The minimum absolute atomic E-state index is 0.424. The smallest absolute Gasteiger partial charge is 0.215 e. The zero-order valence-electron chi connectivity index (χ0n) is 16.8. The second-order valence-corrected chi connectivity index (χ2v) is 6.70.